The van der Waals surface area contributed by atoms with E-state index in [4.69, 9.17) is 4.74 Å². The van der Waals surface area contributed by atoms with Crippen LogP contribution in [-0.2, 0) is 4.74 Å². The minimum atomic E-state index is -0.174. The molecule has 2 rings (SSSR count). The van der Waals surface area contributed by atoms with E-state index in [2.05, 4.69) is 24.1 Å². The molecule has 2 atom stereocenters. The number of ether oxygens (including phenoxy) is 1. The van der Waals surface area contributed by atoms with Crippen LogP contribution in [0.4, 0.5) is 0 Å². The molecule has 4 heteroatoms. The number of rotatable bonds is 4. The van der Waals surface area contributed by atoms with Gasteiger partial charge >= 0.3 is 0 Å². The van der Waals surface area contributed by atoms with Gasteiger partial charge in [-0.2, -0.15) is 0 Å². The Morgan fingerprint density at radius 3 is 2.60 bits per heavy atom. The molecular weight excluding hydrogens is 192 g/mol. The van der Waals surface area contributed by atoms with E-state index in [1.54, 1.807) is 0 Å². The zero-order chi connectivity index (χ0) is 10.8. The van der Waals surface area contributed by atoms with Gasteiger partial charge in [-0.25, -0.2) is 0 Å². The fourth-order valence-corrected chi connectivity index (χ4v) is 2.36. The van der Waals surface area contributed by atoms with Gasteiger partial charge in [0.15, 0.2) is 0 Å². The quantitative estimate of drug-likeness (QED) is 0.681. The lowest BCUT2D eigenvalue weighted by atomic mass is 10.1. The molecule has 2 saturated heterocycles. The van der Waals surface area contributed by atoms with Crippen LogP contribution in [0.25, 0.3) is 0 Å². The predicted octanol–water partition coefficient (Wildman–Crippen LogP) is -0.182. The first kappa shape index (κ1) is 11.3. The maximum Gasteiger partial charge on any atom is 0.0717 e. The van der Waals surface area contributed by atoms with Gasteiger partial charge in [0.1, 0.15) is 0 Å². The van der Waals surface area contributed by atoms with Gasteiger partial charge in [0.25, 0.3) is 0 Å². The van der Waals surface area contributed by atoms with Crippen molar-refractivity contribution in [3.05, 3.63) is 0 Å². The first-order valence-electron chi connectivity index (χ1n) is 5.93. The number of aliphatic hydroxyl groups excluding tert-OH is 1. The molecule has 0 spiro atoms. The van der Waals surface area contributed by atoms with Crippen LogP contribution in [0.15, 0.2) is 0 Å². The molecule has 0 bridgehead atoms. The smallest absolute Gasteiger partial charge is 0.0717 e. The Labute approximate surface area is 91.6 Å². The molecule has 2 aliphatic heterocycles. The van der Waals surface area contributed by atoms with Crippen molar-refractivity contribution in [2.45, 2.75) is 44.5 Å². The highest BCUT2D eigenvalue weighted by Gasteiger charge is 2.33. The van der Waals surface area contributed by atoms with Crippen molar-refractivity contribution in [2.75, 3.05) is 26.3 Å². The fraction of sp³-hybridized carbons (Fsp3) is 1.00. The van der Waals surface area contributed by atoms with Gasteiger partial charge in [0.05, 0.1) is 25.4 Å². The molecule has 0 aromatic carbocycles. The van der Waals surface area contributed by atoms with Crippen molar-refractivity contribution < 1.29 is 9.84 Å². The summed E-state index contributed by atoms with van der Waals surface area (Å²) in [6, 6.07) is 1.32. The molecule has 2 fully saturated rings. The van der Waals surface area contributed by atoms with Crippen molar-refractivity contribution in [3.63, 3.8) is 0 Å². The van der Waals surface area contributed by atoms with Gasteiger partial charge in [0.2, 0.25) is 0 Å². The van der Waals surface area contributed by atoms with Crippen molar-refractivity contribution >= 4 is 0 Å². The second-order valence-electron chi connectivity index (χ2n) is 4.90. The Kier molecular flexibility index (Phi) is 3.61. The number of hydrogen-bond donors (Lipinski definition) is 2. The van der Waals surface area contributed by atoms with Crippen molar-refractivity contribution in [1.29, 1.82) is 0 Å². The van der Waals surface area contributed by atoms with E-state index in [9.17, 15) is 5.11 Å². The number of nitrogens with one attached hydrogen (secondary N) is 1. The minimum Gasteiger partial charge on any atom is -0.391 e. The molecule has 0 amide bonds. The molecule has 0 radical (unpaired) electrons. The summed E-state index contributed by atoms with van der Waals surface area (Å²) in [6.45, 7) is 7.99. The maximum absolute atomic E-state index is 9.77. The number of aliphatic hydroxyl groups is 1. The van der Waals surface area contributed by atoms with Crippen molar-refractivity contribution in [2.24, 2.45) is 0 Å². The second kappa shape index (κ2) is 4.78. The first-order chi connectivity index (χ1) is 7.18. The largest absolute Gasteiger partial charge is 0.391 e. The van der Waals surface area contributed by atoms with Crippen LogP contribution >= 0.6 is 0 Å². The standard InChI is InChI=1S/C11H22N2O2/c1-8(2)13(9-6-15-7-9)5-10-11(14)3-4-12-10/h8-12,14H,3-7H2,1-2H3. The van der Waals surface area contributed by atoms with Crippen molar-refractivity contribution in [3.8, 4) is 0 Å². The Morgan fingerprint density at radius 2 is 2.20 bits per heavy atom. The maximum atomic E-state index is 9.77. The van der Waals surface area contributed by atoms with E-state index in [0.717, 1.165) is 32.7 Å². The SMILES string of the molecule is CC(C)N(CC1NCCC1O)C1COC1. The highest BCUT2D eigenvalue weighted by molar-refractivity contribution is 4.90. The minimum absolute atomic E-state index is 0.174. The number of nitrogens with zero attached hydrogens (tertiary/aromatic N) is 1. The van der Waals surface area contributed by atoms with Crippen LogP contribution in [-0.4, -0.2) is 60.5 Å². The van der Waals surface area contributed by atoms with Crippen LogP contribution in [0, 0.1) is 0 Å². The van der Waals surface area contributed by atoms with E-state index >= 15 is 0 Å². The molecule has 2 unspecified atom stereocenters. The molecule has 0 aromatic rings. The summed E-state index contributed by atoms with van der Waals surface area (Å²) in [5.74, 6) is 0. The lowest BCUT2D eigenvalue weighted by Crippen LogP contribution is -2.56. The third-order valence-corrected chi connectivity index (χ3v) is 3.47. The van der Waals surface area contributed by atoms with E-state index in [-0.39, 0.29) is 12.1 Å². The predicted molar refractivity (Wildman–Crippen MR) is 58.9 cm³/mol. The summed E-state index contributed by atoms with van der Waals surface area (Å²) < 4.78 is 5.23. The van der Waals surface area contributed by atoms with Crippen LogP contribution in [0.2, 0.25) is 0 Å². The number of hydrogen-bond acceptors (Lipinski definition) is 4. The molecule has 2 aliphatic rings. The van der Waals surface area contributed by atoms with Crippen LogP contribution < -0.4 is 5.32 Å². The molecule has 15 heavy (non-hydrogen) atoms. The topological polar surface area (TPSA) is 44.7 Å². The first-order valence-corrected chi connectivity index (χ1v) is 5.93. The summed E-state index contributed by atoms with van der Waals surface area (Å²) in [7, 11) is 0. The van der Waals surface area contributed by atoms with Gasteiger partial charge in [-0.15, -0.1) is 0 Å². The van der Waals surface area contributed by atoms with Gasteiger partial charge in [-0.3, -0.25) is 4.90 Å². The highest BCUT2D eigenvalue weighted by atomic mass is 16.5. The highest BCUT2D eigenvalue weighted by Crippen LogP contribution is 2.17. The average Bonchev–Trinajstić information content (AvgIpc) is 2.47. The molecule has 2 heterocycles. The molecule has 2 N–H and O–H groups in total. The van der Waals surface area contributed by atoms with E-state index < -0.39 is 0 Å². The van der Waals surface area contributed by atoms with Crippen LogP contribution in [0.5, 0.6) is 0 Å². The molecule has 4 nitrogen and oxygen atoms in total. The lowest BCUT2D eigenvalue weighted by Gasteiger charge is -2.41. The van der Waals surface area contributed by atoms with E-state index in [1.165, 1.54) is 0 Å². The molecule has 0 aromatic heterocycles. The summed E-state index contributed by atoms with van der Waals surface area (Å²) in [6.07, 6.45) is 0.713. The Hall–Kier alpha value is -0.160. The molecule has 88 valence electrons. The van der Waals surface area contributed by atoms with Gasteiger partial charge in [-0.05, 0) is 26.8 Å². The van der Waals surface area contributed by atoms with Gasteiger partial charge in [-0.1, -0.05) is 0 Å². The normalized spacial score (nSPS) is 32.6. The zero-order valence-electron chi connectivity index (χ0n) is 9.65. The average molecular weight is 214 g/mol. The van der Waals surface area contributed by atoms with Crippen molar-refractivity contribution in [1.82, 2.24) is 10.2 Å². The third-order valence-electron chi connectivity index (χ3n) is 3.47. The van der Waals surface area contributed by atoms with Gasteiger partial charge in [0, 0.05) is 18.6 Å². The second-order valence-corrected chi connectivity index (χ2v) is 4.90. The fourth-order valence-electron chi connectivity index (χ4n) is 2.36. The molecule has 0 aliphatic carbocycles. The summed E-state index contributed by atoms with van der Waals surface area (Å²) in [5, 5.41) is 13.1. The third kappa shape index (κ3) is 2.50. The summed E-state index contributed by atoms with van der Waals surface area (Å²) in [4.78, 5) is 2.44. The Balaban J connectivity index is 1.87. The van der Waals surface area contributed by atoms with Crippen LogP contribution in [0.3, 0.4) is 0 Å². The van der Waals surface area contributed by atoms with Crippen LogP contribution in [0.1, 0.15) is 20.3 Å². The Morgan fingerprint density at radius 1 is 1.47 bits per heavy atom. The lowest BCUT2D eigenvalue weighted by molar-refractivity contribution is -0.0799. The summed E-state index contributed by atoms with van der Waals surface area (Å²) >= 11 is 0. The summed E-state index contributed by atoms with van der Waals surface area (Å²) in [5.41, 5.74) is 0. The zero-order valence-corrected chi connectivity index (χ0v) is 9.65. The van der Waals surface area contributed by atoms with E-state index in [1.807, 2.05) is 0 Å². The molecule has 0 saturated carbocycles. The van der Waals surface area contributed by atoms with E-state index in [0.29, 0.717) is 12.1 Å². The monoisotopic (exact) mass is 214 g/mol. The molecular formula is C11H22N2O2. The Bertz CT molecular complexity index is 207. The van der Waals surface area contributed by atoms with Gasteiger partial charge < -0.3 is 15.2 Å².